The molecule has 0 aliphatic carbocycles. The van der Waals surface area contributed by atoms with E-state index >= 15 is 0 Å². The van der Waals surface area contributed by atoms with Gasteiger partial charge >= 0.3 is 12.1 Å². The van der Waals surface area contributed by atoms with Crippen molar-refractivity contribution in [2.24, 2.45) is 0 Å². The van der Waals surface area contributed by atoms with Crippen LogP contribution in [0.4, 0.5) is 13.2 Å². The number of carboxylic acids is 1. The van der Waals surface area contributed by atoms with Crippen LogP contribution in [0.1, 0.15) is 6.42 Å². The van der Waals surface area contributed by atoms with E-state index in [4.69, 9.17) is 14.6 Å². The molecular formula is C12H11F3O4S. The van der Waals surface area contributed by atoms with E-state index in [0.29, 0.717) is 36.5 Å². The fourth-order valence-corrected chi connectivity index (χ4v) is 2.65. The summed E-state index contributed by atoms with van der Waals surface area (Å²) >= 11 is 0.455. The molecule has 0 aromatic heterocycles. The SMILES string of the molecule is O=C(O)CC(Sc1ccc2c(c1)OCCO2)C(F)(F)F. The summed E-state index contributed by atoms with van der Waals surface area (Å²) in [6.07, 6.45) is -5.57. The van der Waals surface area contributed by atoms with E-state index in [1.165, 1.54) is 18.2 Å². The average Bonchev–Trinajstić information content (AvgIpc) is 2.36. The van der Waals surface area contributed by atoms with Crippen molar-refractivity contribution in [2.75, 3.05) is 13.2 Å². The van der Waals surface area contributed by atoms with Crippen LogP contribution >= 0.6 is 11.8 Å². The number of aliphatic carboxylic acids is 1. The van der Waals surface area contributed by atoms with Crippen molar-refractivity contribution in [1.82, 2.24) is 0 Å². The summed E-state index contributed by atoms with van der Waals surface area (Å²) in [4.78, 5) is 10.8. The van der Waals surface area contributed by atoms with Gasteiger partial charge in [0.2, 0.25) is 0 Å². The van der Waals surface area contributed by atoms with Crippen LogP contribution in [0, 0.1) is 0 Å². The molecule has 1 unspecified atom stereocenters. The Balaban J connectivity index is 2.16. The minimum atomic E-state index is -4.59. The van der Waals surface area contributed by atoms with Gasteiger partial charge in [-0.05, 0) is 18.2 Å². The molecule has 1 aromatic carbocycles. The highest BCUT2D eigenvalue weighted by Gasteiger charge is 2.41. The molecule has 0 fully saturated rings. The van der Waals surface area contributed by atoms with E-state index in [0.717, 1.165) is 0 Å². The second-order valence-corrected chi connectivity index (χ2v) is 5.33. The number of benzene rings is 1. The summed E-state index contributed by atoms with van der Waals surface area (Å²) < 4.78 is 48.8. The maximum atomic E-state index is 12.8. The molecule has 2 rings (SSSR count). The topological polar surface area (TPSA) is 55.8 Å². The van der Waals surface area contributed by atoms with E-state index in [1.54, 1.807) is 0 Å². The standard InChI is InChI=1S/C12H11F3O4S/c13-12(14,15)10(6-11(16)17)20-7-1-2-8-9(5-7)19-4-3-18-8/h1-2,5,10H,3-4,6H2,(H,16,17). The number of ether oxygens (including phenoxy) is 2. The number of halogens is 3. The molecule has 1 N–H and O–H groups in total. The zero-order valence-electron chi connectivity index (χ0n) is 10.1. The van der Waals surface area contributed by atoms with Crippen molar-refractivity contribution < 1.29 is 32.5 Å². The van der Waals surface area contributed by atoms with Crippen LogP contribution in [0.15, 0.2) is 23.1 Å². The van der Waals surface area contributed by atoms with Crippen LogP contribution < -0.4 is 9.47 Å². The summed E-state index contributed by atoms with van der Waals surface area (Å²) in [5, 5.41) is 6.56. The summed E-state index contributed by atoms with van der Waals surface area (Å²) in [7, 11) is 0. The van der Waals surface area contributed by atoms with E-state index < -0.39 is 23.8 Å². The summed E-state index contributed by atoms with van der Waals surface area (Å²) in [6.45, 7) is 0.725. The van der Waals surface area contributed by atoms with Crippen LogP contribution in [0.3, 0.4) is 0 Å². The lowest BCUT2D eigenvalue weighted by molar-refractivity contribution is -0.149. The molecule has 1 aliphatic heterocycles. The van der Waals surface area contributed by atoms with Crippen LogP contribution in [0.5, 0.6) is 11.5 Å². The molecule has 0 bridgehead atoms. The highest BCUT2D eigenvalue weighted by Crippen LogP contribution is 2.40. The third-order valence-corrected chi connectivity index (χ3v) is 3.76. The van der Waals surface area contributed by atoms with Crippen molar-refractivity contribution in [3.8, 4) is 11.5 Å². The minimum Gasteiger partial charge on any atom is -0.486 e. The fourth-order valence-electron chi connectivity index (χ4n) is 1.64. The molecular weight excluding hydrogens is 297 g/mol. The van der Waals surface area contributed by atoms with Crippen molar-refractivity contribution in [3.63, 3.8) is 0 Å². The first-order valence-corrected chi connectivity index (χ1v) is 6.59. The van der Waals surface area contributed by atoms with Crippen LogP contribution in [0.2, 0.25) is 0 Å². The monoisotopic (exact) mass is 308 g/mol. The normalized spacial score (nSPS) is 15.8. The van der Waals surface area contributed by atoms with Gasteiger partial charge in [0, 0.05) is 4.90 Å². The predicted molar refractivity (Wildman–Crippen MR) is 65.4 cm³/mol. The zero-order valence-corrected chi connectivity index (χ0v) is 11.0. The van der Waals surface area contributed by atoms with Crippen molar-refractivity contribution in [1.29, 1.82) is 0 Å². The van der Waals surface area contributed by atoms with E-state index in [9.17, 15) is 18.0 Å². The Kier molecular flexibility index (Phi) is 4.32. The minimum absolute atomic E-state index is 0.290. The Morgan fingerprint density at radius 3 is 2.55 bits per heavy atom. The maximum Gasteiger partial charge on any atom is 0.401 e. The van der Waals surface area contributed by atoms with Gasteiger partial charge in [0.05, 0.1) is 6.42 Å². The van der Waals surface area contributed by atoms with Crippen LogP contribution in [-0.2, 0) is 4.79 Å². The Morgan fingerprint density at radius 1 is 1.30 bits per heavy atom. The first-order valence-electron chi connectivity index (χ1n) is 5.71. The van der Waals surface area contributed by atoms with E-state index in [1.807, 2.05) is 0 Å². The van der Waals surface area contributed by atoms with Gasteiger partial charge in [-0.25, -0.2) is 0 Å². The first kappa shape index (κ1) is 14.8. The lowest BCUT2D eigenvalue weighted by Gasteiger charge is -2.21. The molecule has 20 heavy (non-hydrogen) atoms. The van der Waals surface area contributed by atoms with Crippen molar-refractivity contribution in [3.05, 3.63) is 18.2 Å². The third-order valence-electron chi connectivity index (χ3n) is 2.52. The summed E-state index contributed by atoms with van der Waals surface area (Å²) in [5.74, 6) is -0.641. The average molecular weight is 308 g/mol. The Labute approximate surface area is 116 Å². The van der Waals surface area contributed by atoms with Gasteiger partial charge in [-0.2, -0.15) is 13.2 Å². The van der Waals surface area contributed by atoms with Crippen LogP contribution in [-0.4, -0.2) is 35.7 Å². The van der Waals surface area contributed by atoms with E-state index in [-0.39, 0.29) is 4.90 Å². The number of carbonyl (C=O) groups is 1. The number of alkyl halides is 3. The quantitative estimate of drug-likeness (QED) is 0.867. The zero-order chi connectivity index (χ0) is 14.8. The number of carboxylic acid groups (broad SMARTS) is 1. The number of hydrogen-bond acceptors (Lipinski definition) is 4. The van der Waals surface area contributed by atoms with Gasteiger partial charge in [-0.15, -0.1) is 11.8 Å². The second-order valence-electron chi connectivity index (χ2n) is 4.05. The number of rotatable bonds is 4. The van der Waals surface area contributed by atoms with E-state index in [2.05, 4.69) is 0 Å². The number of thioether (sulfide) groups is 1. The lowest BCUT2D eigenvalue weighted by Crippen LogP contribution is -2.28. The van der Waals surface area contributed by atoms with Gasteiger partial charge in [0.25, 0.3) is 0 Å². The van der Waals surface area contributed by atoms with Gasteiger partial charge < -0.3 is 14.6 Å². The van der Waals surface area contributed by atoms with Gasteiger partial charge in [0.15, 0.2) is 11.5 Å². The van der Waals surface area contributed by atoms with Crippen molar-refractivity contribution >= 4 is 17.7 Å². The number of fused-ring (bicyclic) bond motifs is 1. The molecule has 8 heteroatoms. The Bertz CT molecular complexity index is 504. The first-order chi connectivity index (χ1) is 9.36. The molecule has 1 aliphatic rings. The Hall–Kier alpha value is -1.57. The molecule has 0 amide bonds. The highest BCUT2D eigenvalue weighted by atomic mass is 32.2. The molecule has 0 radical (unpaired) electrons. The lowest BCUT2D eigenvalue weighted by atomic mass is 10.3. The fraction of sp³-hybridized carbons (Fsp3) is 0.417. The third kappa shape index (κ3) is 3.72. The van der Waals surface area contributed by atoms with Gasteiger partial charge in [0.1, 0.15) is 18.5 Å². The predicted octanol–water partition coefficient (Wildman–Crippen LogP) is 2.96. The molecule has 0 saturated heterocycles. The molecule has 0 spiro atoms. The molecule has 1 heterocycles. The smallest absolute Gasteiger partial charge is 0.401 e. The van der Waals surface area contributed by atoms with Crippen LogP contribution in [0.25, 0.3) is 0 Å². The molecule has 4 nitrogen and oxygen atoms in total. The van der Waals surface area contributed by atoms with Gasteiger partial charge in [-0.1, -0.05) is 0 Å². The van der Waals surface area contributed by atoms with Gasteiger partial charge in [-0.3, -0.25) is 4.79 Å². The molecule has 110 valence electrons. The molecule has 0 saturated carbocycles. The van der Waals surface area contributed by atoms with Crippen molar-refractivity contribution in [2.45, 2.75) is 22.7 Å². The molecule has 1 atom stereocenters. The second kappa shape index (κ2) is 5.82. The summed E-state index contributed by atoms with van der Waals surface area (Å²) in [5.41, 5.74) is 0. The largest absolute Gasteiger partial charge is 0.486 e. The number of hydrogen-bond donors (Lipinski definition) is 1. The Morgan fingerprint density at radius 2 is 1.95 bits per heavy atom. The molecule has 1 aromatic rings. The highest BCUT2D eigenvalue weighted by molar-refractivity contribution is 8.00. The summed E-state index contributed by atoms with van der Waals surface area (Å²) in [6, 6.07) is 4.41. The maximum absolute atomic E-state index is 12.8.